The van der Waals surface area contributed by atoms with E-state index in [4.69, 9.17) is 11.6 Å². The second-order valence-corrected chi connectivity index (χ2v) is 5.78. The van der Waals surface area contributed by atoms with Crippen molar-refractivity contribution in [3.63, 3.8) is 0 Å². The third-order valence-corrected chi connectivity index (χ3v) is 3.76. The van der Waals surface area contributed by atoms with Crippen molar-refractivity contribution in [1.29, 1.82) is 0 Å². The van der Waals surface area contributed by atoms with Gasteiger partial charge in [0.15, 0.2) is 0 Å². The molecule has 0 amide bonds. The number of aromatic nitrogens is 1. The van der Waals surface area contributed by atoms with Crippen molar-refractivity contribution in [2.24, 2.45) is 0 Å². The summed E-state index contributed by atoms with van der Waals surface area (Å²) in [5, 5.41) is 0.580. The van der Waals surface area contributed by atoms with E-state index in [0.29, 0.717) is 5.15 Å². The number of hydrogen-bond donors (Lipinski definition) is 0. The molecule has 2 heterocycles. The van der Waals surface area contributed by atoms with E-state index in [1.54, 1.807) is 0 Å². The van der Waals surface area contributed by atoms with E-state index < -0.39 is 0 Å². The number of piperazine rings is 1. The second-order valence-electron chi connectivity index (χ2n) is 5.40. The summed E-state index contributed by atoms with van der Waals surface area (Å²) >= 11 is 5.90. The minimum Gasteiger partial charge on any atom is -0.299 e. The summed E-state index contributed by atoms with van der Waals surface area (Å²) in [6.45, 7) is 8.71. The van der Waals surface area contributed by atoms with Crippen molar-refractivity contribution >= 4 is 11.6 Å². The molecule has 3 nitrogen and oxygen atoms in total. The van der Waals surface area contributed by atoms with Crippen LogP contribution in [-0.4, -0.2) is 47.0 Å². The smallest absolute Gasteiger partial charge is 0.129 e. The van der Waals surface area contributed by atoms with Gasteiger partial charge < -0.3 is 0 Å². The molecule has 2 rings (SSSR count). The van der Waals surface area contributed by atoms with Crippen LogP contribution in [0.25, 0.3) is 0 Å². The summed E-state index contributed by atoms with van der Waals surface area (Å²) in [7, 11) is 2.19. The molecule has 4 heteroatoms. The molecule has 0 N–H and O–H groups in total. The Morgan fingerprint density at radius 1 is 1.35 bits per heavy atom. The van der Waals surface area contributed by atoms with E-state index >= 15 is 0 Å². The molecule has 1 aliphatic rings. The molecule has 1 saturated heterocycles. The summed E-state index contributed by atoms with van der Waals surface area (Å²) in [4.78, 5) is 9.20. The van der Waals surface area contributed by atoms with Crippen LogP contribution in [0.4, 0.5) is 0 Å². The first-order valence-electron chi connectivity index (χ1n) is 6.02. The van der Waals surface area contributed by atoms with E-state index in [1.807, 2.05) is 18.2 Å². The lowest BCUT2D eigenvalue weighted by molar-refractivity contribution is 0.0354. The van der Waals surface area contributed by atoms with E-state index in [1.165, 1.54) is 0 Å². The number of nitrogens with zero attached hydrogens (tertiary/aromatic N) is 3. The Morgan fingerprint density at radius 2 is 2.12 bits per heavy atom. The zero-order chi connectivity index (χ0) is 12.5. The lowest BCUT2D eigenvalue weighted by Gasteiger charge is -2.45. The van der Waals surface area contributed by atoms with E-state index in [9.17, 15) is 0 Å². The van der Waals surface area contributed by atoms with Gasteiger partial charge in [-0.25, -0.2) is 4.98 Å². The van der Waals surface area contributed by atoms with E-state index in [2.05, 4.69) is 35.7 Å². The lowest BCUT2D eigenvalue weighted by Crippen LogP contribution is -2.57. The van der Waals surface area contributed by atoms with Gasteiger partial charge in [0, 0.05) is 31.7 Å². The fourth-order valence-electron chi connectivity index (χ4n) is 2.24. The van der Waals surface area contributed by atoms with Crippen LogP contribution in [0.15, 0.2) is 18.2 Å². The first kappa shape index (κ1) is 12.8. The number of rotatable bonds is 2. The van der Waals surface area contributed by atoms with Crippen molar-refractivity contribution in [3.05, 3.63) is 29.0 Å². The minimum atomic E-state index is 0.233. The van der Waals surface area contributed by atoms with Gasteiger partial charge >= 0.3 is 0 Å². The van der Waals surface area contributed by atoms with Gasteiger partial charge in [0.25, 0.3) is 0 Å². The van der Waals surface area contributed by atoms with Crippen LogP contribution in [-0.2, 0) is 6.54 Å². The standard InChI is InChI=1S/C13H20ClN3/c1-13(2)10-17(8-7-16(13)3)9-11-5-4-6-12(14)15-11/h4-6H,7-10H2,1-3H3. The number of pyridine rings is 1. The Labute approximate surface area is 108 Å². The van der Waals surface area contributed by atoms with Crippen molar-refractivity contribution in [2.75, 3.05) is 26.7 Å². The highest BCUT2D eigenvalue weighted by molar-refractivity contribution is 6.29. The molecule has 0 aromatic carbocycles. The van der Waals surface area contributed by atoms with Crippen molar-refractivity contribution in [1.82, 2.24) is 14.8 Å². The molecular weight excluding hydrogens is 234 g/mol. The summed E-state index contributed by atoms with van der Waals surface area (Å²) in [6.07, 6.45) is 0. The van der Waals surface area contributed by atoms with Crippen LogP contribution >= 0.6 is 11.6 Å². The Morgan fingerprint density at radius 3 is 2.76 bits per heavy atom. The molecule has 0 radical (unpaired) electrons. The average molecular weight is 254 g/mol. The Kier molecular flexibility index (Phi) is 3.71. The van der Waals surface area contributed by atoms with Crippen LogP contribution in [0.2, 0.25) is 5.15 Å². The second kappa shape index (κ2) is 4.92. The Balaban J connectivity index is 2.01. The molecule has 0 saturated carbocycles. The van der Waals surface area contributed by atoms with Crippen molar-refractivity contribution in [3.8, 4) is 0 Å². The largest absolute Gasteiger partial charge is 0.299 e. The highest BCUT2D eigenvalue weighted by Gasteiger charge is 2.30. The molecule has 0 aliphatic carbocycles. The average Bonchev–Trinajstić information content (AvgIpc) is 2.23. The van der Waals surface area contributed by atoms with Crippen LogP contribution < -0.4 is 0 Å². The topological polar surface area (TPSA) is 19.4 Å². The molecule has 0 atom stereocenters. The quantitative estimate of drug-likeness (QED) is 0.754. The molecule has 0 unspecified atom stereocenters. The van der Waals surface area contributed by atoms with Gasteiger partial charge in [-0.05, 0) is 33.0 Å². The van der Waals surface area contributed by atoms with E-state index in [-0.39, 0.29) is 5.54 Å². The van der Waals surface area contributed by atoms with Gasteiger partial charge in [0.05, 0.1) is 5.69 Å². The molecule has 94 valence electrons. The normalized spacial score (nSPS) is 21.6. The van der Waals surface area contributed by atoms with Gasteiger partial charge in [0.1, 0.15) is 5.15 Å². The third kappa shape index (κ3) is 3.18. The third-order valence-electron chi connectivity index (χ3n) is 3.55. The number of halogens is 1. The molecule has 1 aromatic rings. The molecule has 0 bridgehead atoms. The Bertz CT molecular complexity index is 392. The summed E-state index contributed by atoms with van der Waals surface area (Å²) in [5.41, 5.74) is 1.29. The van der Waals surface area contributed by atoms with Gasteiger partial charge in [-0.15, -0.1) is 0 Å². The molecular formula is C13H20ClN3. The fourth-order valence-corrected chi connectivity index (χ4v) is 2.42. The predicted octanol–water partition coefficient (Wildman–Crippen LogP) is 2.26. The highest BCUT2D eigenvalue weighted by Crippen LogP contribution is 2.20. The van der Waals surface area contributed by atoms with E-state index in [0.717, 1.165) is 31.9 Å². The first-order valence-corrected chi connectivity index (χ1v) is 6.40. The van der Waals surface area contributed by atoms with Crippen molar-refractivity contribution < 1.29 is 0 Å². The van der Waals surface area contributed by atoms with Gasteiger partial charge in [-0.1, -0.05) is 17.7 Å². The van der Waals surface area contributed by atoms with Gasteiger partial charge in [-0.3, -0.25) is 9.80 Å². The zero-order valence-corrected chi connectivity index (χ0v) is 11.5. The van der Waals surface area contributed by atoms with Crippen LogP contribution in [0.3, 0.4) is 0 Å². The van der Waals surface area contributed by atoms with Gasteiger partial charge in [-0.2, -0.15) is 0 Å². The highest BCUT2D eigenvalue weighted by atomic mass is 35.5. The lowest BCUT2D eigenvalue weighted by atomic mass is 9.99. The molecule has 1 fully saturated rings. The Hall–Kier alpha value is -0.640. The van der Waals surface area contributed by atoms with Gasteiger partial charge in [0.2, 0.25) is 0 Å². The number of hydrogen-bond acceptors (Lipinski definition) is 3. The SMILES string of the molecule is CN1CCN(Cc2cccc(Cl)n2)CC1(C)C. The molecule has 1 aliphatic heterocycles. The zero-order valence-electron chi connectivity index (χ0n) is 10.8. The first-order chi connectivity index (χ1) is 7.97. The van der Waals surface area contributed by atoms with Crippen LogP contribution in [0.1, 0.15) is 19.5 Å². The van der Waals surface area contributed by atoms with Crippen LogP contribution in [0, 0.1) is 0 Å². The minimum absolute atomic E-state index is 0.233. The fraction of sp³-hybridized carbons (Fsp3) is 0.615. The summed E-state index contributed by atoms with van der Waals surface area (Å²) in [5.74, 6) is 0. The summed E-state index contributed by atoms with van der Waals surface area (Å²) in [6, 6.07) is 5.82. The van der Waals surface area contributed by atoms with Crippen LogP contribution in [0.5, 0.6) is 0 Å². The monoisotopic (exact) mass is 253 g/mol. The molecule has 1 aromatic heterocycles. The summed E-state index contributed by atoms with van der Waals surface area (Å²) < 4.78 is 0. The molecule has 0 spiro atoms. The molecule has 17 heavy (non-hydrogen) atoms. The van der Waals surface area contributed by atoms with Crippen molar-refractivity contribution in [2.45, 2.75) is 25.9 Å². The maximum absolute atomic E-state index is 5.90. The maximum Gasteiger partial charge on any atom is 0.129 e. The number of likely N-dealkylation sites (N-methyl/N-ethyl adjacent to an activating group) is 1. The maximum atomic E-state index is 5.90. The predicted molar refractivity (Wildman–Crippen MR) is 71.2 cm³/mol.